The Morgan fingerprint density at radius 3 is 2.28 bits per heavy atom. The van der Waals surface area contributed by atoms with Crippen LogP contribution in [0.5, 0.6) is 5.75 Å². The van der Waals surface area contributed by atoms with Crippen LogP contribution in [0, 0.1) is 11.6 Å². The second kappa shape index (κ2) is 11.6. The van der Waals surface area contributed by atoms with E-state index < -0.39 is 11.6 Å². The molecule has 0 spiro atoms. The van der Waals surface area contributed by atoms with Crippen LogP contribution in [0.1, 0.15) is 5.56 Å². The smallest absolute Gasteiger partial charge is 0.191 e. The molecule has 0 aliphatic rings. The van der Waals surface area contributed by atoms with E-state index in [1.54, 1.807) is 7.05 Å². The van der Waals surface area contributed by atoms with Gasteiger partial charge in [-0.3, -0.25) is 4.99 Å². The van der Waals surface area contributed by atoms with E-state index in [1.807, 2.05) is 30.3 Å². The fourth-order valence-electron chi connectivity index (χ4n) is 2.16. The van der Waals surface area contributed by atoms with Gasteiger partial charge in [0.2, 0.25) is 0 Å². The van der Waals surface area contributed by atoms with Crippen molar-refractivity contribution in [3.05, 3.63) is 65.7 Å². The molecule has 0 saturated heterocycles. The van der Waals surface area contributed by atoms with E-state index in [0.717, 1.165) is 11.8 Å². The molecule has 2 aromatic carbocycles. The van der Waals surface area contributed by atoms with E-state index in [0.29, 0.717) is 37.6 Å². The van der Waals surface area contributed by atoms with Gasteiger partial charge in [-0.15, -0.1) is 24.0 Å². The highest BCUT2D eigenvalue weighted by Crippen LogP contribution is 2.08. The lowest BCUT2D eigenvalue weighted by Gasteiger charge is -2.12. The highest BCUT2D eigenvalue weighted by Gasteiger charge is 2.02. The lowest BCUT2D eigenvalue weighted by atomic mass is 10.1. The maximum atomic E-state index is 13.1. The molecular formula is C18H22F2IN3O. The number of hydrogen-bond acceptors (Lipinski definition) is 2. The average molecular weight is 461 g/mol. The fourth-order valence-corrected chi connectivity index (χ4v) is 2.16. The predicted octanol–water partition coefficient (Wildman–Crippen LogP) is 3.37. The van der Waals surface area contributed by atoms with Gasteiger partial charge < -0.3 is 15.4 Å². The van der Waals surface area contributed by atoms with E-state index in [1.165, 1.54) is 12.1 Å². The van der Waals surface area contributed by atoms with Gasteiger partial charge in [-0.2, -0.15) is 0 Å². The average Bonchev–Trinajstić information content (AvgIpc) is 2.57. The highest BCUT2D eigenvalue weighted by molar-refractivity contribution is 14.0. The Bertz CT molecular complexity index is 648. The second-order valence-corrected chi connectivity index (χ2v) is 5.11. The maximum Gasteiger partial charge on any atom is 0.191 e. The Morgan fingerprint density at radius 2 is 1.64 bits per heavy atom. The van der Waals surface area contributed by atoms with Gasteiger partial charge in [-0.05, 0) is 36.2 Å². The summed E-state index contributed by atoms with van der Waals surface area (Å²) in [7, 11) is 1.66. The van der Waals surface area contributed by atoms with E-state index in [2.05, 4.69) is 15.6 Å². The molecule has 0 aliphatic carbocycles. The number of guanidine groups is 1. The topological polar surface area (TPSA) is 45.7 Å². The Balaban J connectivity index is 0.00000312. The van der Waals surface area contributed by atoms with E-state index in [4.69, 9.17) is 4.74 Å². The SMILES string of the molecule is CN=C(NCCOc1ccccc1)NCCc1cc(F)cc(F)c1.I. The molecule has 2 aromatic rings. The molecule has 0 unspecified atom stereocenters. The van der Waals surface area contributed by atoms with Gasteiger partial charge in [0.25, 0.3) is 0 Å². The molecule has 25 heavy (non-hydrogen) atoms. The summed E-state index contributed by atoms with van der Waals surface area (Å²) in [4.78, 5) is 4.09. The van der Waals surface area contributed by atoms with Crippen LogP contribution in [-0.4, -0.2) is 32.7 Å². The number of benzene rings is 2. The number of ether oxygens (including phenoxy) is 1. The molecule has 2 rings (SSSR count). The molecular weight excluding hydrogens is 439 g/mol. The molecule has 4 nitrogen and oxygen atoms in total. The van der Waals surface area contributed by atoms with Crippen molar-refractivity contribution in [1.82, 2.24) is 10.6 Å². The van der Waals surface area contributed by atoms with Crippen molar-refractivity contribution < 1.29 is 13.5 Å². The van der Waals surface area contributed by atoms with Crippen molar-refractivity contribution in [3.8, 4) is 5.75 Å². The number of nitrogens with one attached hydrogen (secondary N) is 2. The molecule has 0 radical (unpaired) electrons. The first kappa shape index (κ1) is 21.1. The van der Waals surface area contributed by atoms with Crippen LogP contribution in [0.15, 0.2) is 53.5 Å². The zero-order valence-corrected chi connectivity index (χ0v) is 16.3. The number of aliphatic imine (C=N–C) groups is 1. The quantitative estimate of drug-likeness (QED) is 0.288. The minimum absolute atomic E-state index is 0. The number of rotatable bonds is 7. The zero-order valence-electron chi connectivity index (χ0n) is 14.0. The fraction of sp³-hybridized carbons (Fsp3) is 0.278. The molecule has 0 atom stereocenters. The van der Waals surface area contributed by atoms with Crippen LogP contribution in [0.25, 0.3) is 0 Å². The van der Waals surface area contributed by atoms with Crippen LogP contribution in [0.3, 0.4) is 0 Å². The zero-order chi connectivity index (χ0) is 17.2. The Morgan fingerprint density at radius 1 is 1.00 bits per heavy atom. The third kappa shape index (κ3) is 8.15. The van der Waals surface area contributed by atoms with Crippen LogP contribution >= 0.6 is 24.0 Å². The summed E-state index contributed by atoms with van der Waals surface area (Å²) < 4.78 is 31.8. The van der Waals surface area contributed by atoms with Gasteiger partial charge in [0, 0.05) is 19.7 Å². The lowest BCUT2D eigenvalue weighted by Crippen LogP contribution is -2.40. The van der Waals surface area contributed by atoms with Gasteiger partial charge in [-0.25, -0.2) is 8.78 Å². The molecule has 0 aliphatic heterocycles. The molecule has 0 heterocycles. The van der Waals surface area contributed by atoms with Gasteiger partial charge in [0.05, 0.1) is 6.54 Å². The van der Waals surface area contributed by atoms with Gasteiger partial charge >= 0.3 is 0 Å². The van der Waals surface area contributed by atoms with Crippen LogP contribution in [0.4, 0.5) is 8.78 Å². The van der Waals surface area contributed by atoms with Crippen LogP contribution in [-0.2, 0) is 6.42 Å². The molecule has 7 heteroatoms. The largest absolute Gasteiger partial charge is 0.492 e. The first-order chi connectivity index (χ1) is 11.7. The first-order valence-corrected chi connectivity index (χ1v) is 7.74. The van der Waals surface area contributed by atoms with Crippen molar-refractivity contribution in [3.63, 3.8) is 0 Å². The minimum atomic E-state index is -0.564. The van der Waals surface area contributed by atoms with Crippen LogP contribution in [0.2, 0.25) is 0 Å². The molecule has 0 saturated carbocycles. The Hall–Kier alpha value is -1.90. The Kier molecular flexibility index (Phi) is 9.83. The summed E-state index contributed by atoms with van der Waals surface area (Å²) in [5.74, 6) is 0.301. The Labute approximate surface area is 163 Å². The van der Waals surface area contributed by atoms with Crippen LogP contribution < -0.4 is 15.4 Å². The van der Waals surface area contributed by atoms with E-state index >= 15 is 0 Å². The third-order valence-electron chi connectivity index (χ3n) is 3.26. The normalized spacial score (nSPS) is 10.8. The molecule has 2 N–H and O–H groups in total. The molecule has 0 aromatic heterocycles. The summed E-state index contributed by atoms with van der Waals surface area (Å²) >= 11 is 0. The number of para-hydroxylation sites is 1. The molecule has 0 bridgehead atoms. The van der Waals surface area contributed by atoms with Crippen molar-refractivity contribution in [2.24, 2.45) is 4.99 Å². The predicted molar refractivity (Wildman–Crippen MR) is 107 cm³/mol. The first-order valence-electron chi connectivity index (χ1n) is 7.74. The summed E-state index contributed by atoms with van der Waals surface area (Å²) in [6.07, 6.45) is 0.496. The second-order valence-electron chi connectivity index (χ2n) is 5.11. The summed E-state index contributed by atoms with van der Waals surface area (Å²) in [5, 5.41) is 6.21. The van der Waals surface area contributed by atoms with Crippen molar-refractivity contribution >= 4 is 29.9 Å². The summed E-state index contributed by atoms with van der Waals surface area (Å²) in [5.41, 5.74) is 0.600. The minimum Gasteiger partial charge on any atom is -0.492 e. The van der Waals surface area contributed by atoms with Gasteiger partial charge in [0.1, 0.15) is 24.0 Å². The summed E-state index contributed by atoms with van der Waals surface area (Å²) in [6, 6.07) is 13.1. The lowest BCUT2D eigenvalue weighted by molar-refractivity contribution is 0.322. The monoisotopic (exact) mass is 461 g/mol. The van der Waals surface area contributed by atoms with Gasteiger partial charge in [0.15, 0.2) is 5.96 Å². The number of hydrogen-bond donors (Lipinski definition) is 2. The van der Waals surface area contributed by atoms with Crippen molar-refractivity contribution in [2.45, 2.75) is 6.42 Å². The number of halogens is 3. The van der Waals surface area contributed by atoms with E-state index in [-0.39, 0.29) is 24.0 Å². The third-order valence-corrected chi connectivity index (χ3v) is 3.26. The highest BCUT2D eigenvalue weighted by atomic mass is 127. The number of nitrogens with zero attached hydrogens (tertiary/aromatic N) is 1. The van der Waals surface area contributed by atoms with Crippen molar-refractivity contribution in [2.75, 3.05) is 26.7 Å². The maximum absolute atomic E-state index is 13.1. The standard InChI is InChI=1S/C18H21F2N3O.HI/c1-21-18(23-9-10-24-17-5-3-2-4-6-17)22-8-7-14-11-15(19)13-16(20)12-14;/h2-6,11-13H,7-10H2,1H3,(H2,21,22,23);1H. The van der Waals surface area contributed by atoms with Gasteiger partial charge in [-0.1, -0.05) is 18.2 Å². The molecule has 0 fully saturated rings. The van der Waals surface area contributed by atoms with E-state index in [9.17, 15) is 8.78 Å². The summed E-state index contributed by atoms with van der Waals surface area (Å²) in [6.45, 7) is 1.60. The van der Waals surface area contributed by atoms with Crippen molar-refractivity contribution in [1.29, 1.82) is 0 Å². The molecule has 0 amide bonds. The molecule has 136 valence electrons.